The van der Waals surface area contributed by atoms with E-state index >= 15 is 0 Å². The van der Waals surface area contributed by atoms with Crippen molar-refractivity contribution in [3.8, 4) is 0 Å². The molecule has 0 aliphatic carbocycles. The third-order valence-electron chi connectivity index (χ3n) is 5.04. The van der Waals surface area contributed by atoms with Gasteiger partial charge in [-0.15, -0.1) is 0 Å². The monoisotopic (exact) mass is 396 g/mol. The van der Waals surface area contributed by atoms with Gasteiger partial charge in [-0.25, -0.2) is 18.7 Å². The number of amides is 1. The van der Waals surface area contributed by atoms with Crippen molar-refractivity contribution in [1.29, 1.82) is 0 Å². The first-order chi connectivity index (χ1) is 13.1. The molecule has 1 aromatic rings. The van der Waals surface area contributed by atoms with E-state index < -0.39 is 5.92 Å². The van der Waals surface area contributed by atoms with Gasteiger partial charge in [-0.2, -0.15) is 0 Å². The molecule has 0 unspecified atom stereocenters. The van der Waals surface area contributed by atoms with Crippen LogP contribution in [0.2, 0.25) is 0 Å². The minimum atomic E-state index is -2.57. The minimum Gasteiger partial charge on any atom is -0.356 e. The summed E-state index contributed by atoms with van der Waals surface area (Å²) in [5.74, 6) is -1.03. The second-order valence-electron chi connectivity index (χ2n) is 8.64. The van der Waals surface area contributed by atoms with E-state index in [0.717, 1.165) is 32.0 Å². The number of carbonyl (C=O) groups excluding carboxylic acids is 1. The van der Waals surface area contributed by atoms with E-state index in [0.29, 0.717) is 25.5 Å². The Morgan fingerprint density at radius 1 is 1.04 bits per heavy atom. The topological polar surface area (TPSA) is 64.6 Å². The lowest BCUT2D eigenvalue weighted by Crippen LogP contribution is -2.52. The van der Waals surface area contributed by atoms with Crippen molar-refractivity contribution in [1.82, 2.24) is 20.2 Å². The Kier molecular flexibility index (Phi) is 6.02. The van der Waals surface area contributed by atoms with Gasteiger partial charge in [-0.1, -0.05) is 0 Å². The number of piperidine rings is 1. The number of nitrogens with zero attached hydrogens (tertiary/aromatic N) is 5. The lowest BCUT2D eigenvalue weighted by molar-refractivity contribution is -0.123. The molecule has 2 saturated heterocycles. The number of rotatable bonds is 4. The second-order valence-corrected chi connectivity index (χ2v) is 8.64. The molecule has 0 radical (unpaired) electrons. The second kappa shape index (κ2) is 8.14. The molecule has 0 spiro atoms. The molecular formula is C19H30F2N6O. The molecule has 156 valence electrons. The Hall–Kier alpha value is -2.03. The van der Waals surface area contributed by atoms with Crippen LogP contribution < -0.4 is 15.1 Å². The number of aromatic nitrogens is 2. The molecule has 1 aromatic heterocycles. The van der Waals surface area contributed by atoms with Gasteiger partial charge in [0, 0.05) is 63.7 Å². The predicted molar refractivity (Wildman–Crippen MR) is 105 cm³/mol. The zero-order valence-electron chi connectivity index (χ0n) is 16.9. The van der Waals surface area contributed by atoms with Crippen molar-refractivity contribution in [2.45, 2.75) is 45.1 Å². The van der Waals surface area contributed by atoms with Gasteiger partial charge in [0.05, 0.1) is 6.54 Å². The number of halogens is 2. The molecule has 3 heterocycles. The largest absolute Gasteiger partial charge is 0.356 e. The smallest absolute Gasteiger partial charge is 0.251 e. The summed E-state index contributed by atoms with van der Waals surface area (Å²) in [6.45, 7) is 9.98. The van der Waals surface area contributed by atoms with Gasteiger partial charge in [0.15, 0.2) is 0 Å². The van der Waals surface area contributed by atoms with E-state index in [-0.39, 0.29) is 24.3 Å². The normalized spacial score (nSPS) is 20.9. The Morgan fingerprint density at radius 3 is 2.11 bits per heavy atom. The van der Waals surface area contributed by atoms with Crippen molar-refractivity contribution >= 4 is 17.5 Å². The van der Waals surface area contributed by atoms with Crippen LogP contribution in [-0.4, -0.2) is 78.0 Å². The lowest BCUT2D eigenvalue weighted by Gasteiger charge is -2.36. The Labute approximate surface area is 165 Å². The summed E-state index contributed by atoms with van der Waals surface area (Å²) in [6, 6.07) is 1.88. The number of alkyl halides is 2. The standard InChI is InChI=1S/C19H30F2N6O/c1-18(2,3)24-17(28)13-25-8-10-27(11-9-25)16-12-15(22-14-23-16)26-6-4-19(20,21)5-7-26/h12,14H,4-11,13H2,1-3H3,(H,24,28). The first kappa shape index (κ1) is 20.7. The molecule has 0 atom stereocenters. The maximum absolute atomic E-state index is 13.4. The van der Waals surface area contributed by atoms with Gasteiger partial charge in [-0.05, 0) is 20.8 Å². The highest BCUT2D eigenvalue weighted by Gasteiger charge is 2.34. The SMILES string of the molecule is CC(C)(C)NC(=O)CN1CCN(c2cc(N3CCC(F)(F)CC3)ncn2)CC1. The Balaban J connectivity index is 1.53. The molecule has 2 aliphatic heterocycles. The molecule has 9 heteroatoms. The van der Waals surface area contributed by atoms with Crippen LogP contribution in [0.3, 0.4) is 0 Å². The van der Waals surface area contributed by atoms with Crippen LogP contribution in [0.5, 0.6) is 0 Å². The Morgan fingerprint density at radius 2 is 1.57 bits per heavy atom. The van der Waals surface area contributed by atoms with Gasteiger partial charge in [0.2, 0.25) is 5.91 Å². The van der Waals surface area contributed by atoms with Crippen LogP contribution >= 0.6 is 0 Å². The average molecular weight is 396 g/mol. The van der Waals surface area contributed by atoms with Gasteiger partial charge in [0.1, 0.15) is 18.0 Å². The van der Waals surface area contributed by atoms with E-state index in [1.54, 1.807) is 0 Å². The van der Waals surface area contributed by atoms with Crippen molar-refractivity contribution < 1.29 is 13.6 Å². The van der Waals surface area contributed by atoms with E-state index in [2.05, 4.69) is 25.1 Å². The number of hydrogen-bond acceptors (Lipinski definition) is 6. The van der Waals surface area contributed by atoms with E-state index in [9.17, 15) is 13.6 Å². The summed E-state index contributed by atoms with van der Waals surface area (Å²) in [4.78, 5) is 26.9. The minimum absolute atomic E-state index is 0.0344. The van der Waals surface area contributed by atoms with E-state index in [4.69, 9.17) is 0 Å². The van der Waals surface area contributed by atoms with Crippen LogP contribution in [0.4, 0.5) is 20.4 Å². The summed E-state index contributed by atoms with van der Waals surface area (Å²) >= 11 is 0. The number of carbonyl (C=O) groups is 1. The molecule has 7 nitrogen and oxygen atoms in total. The molecule has 1 amide bonds. The fourth-order valence-electron chi connectivity index (χ4n) is 3.54. The highest BCUT2D eigenvalue weighted by molar-refractivity contribution is 5.78. The van der Waals surface area contributed by atoms with Crippen LogP contribution in [0.1, 0.15) is 33.6 Å². The summed E-state index contributed by atoms with van der Waals surface area (Å²) in [7, 11) is 0. The van der Waals surface area contributed by atoms with E-state index in [1.807, 2.05) is 31.7 Å². The summed E-state index contributed by atoms with van der Waals surface area (Å²) in [6.07, 6.45) is 1.23. The predicted octanol–water partition coefficient (Wildman–Crippen LogP) is 1.75. The third-order valence-corrected chi connectivity index (χ3v) is 5.04. The molecule has 28 heavy (non-hydrogen) atoms. The van der Waals surface area contributed by atoms with Crippen molar-refractivity contribution in [2.75, 3.05) is 55.6 Å². The van der Waals surface area contributed by atoms with E-state index in [1.165, 1.54) is 6.33 Å². The molecule has 0 bridgehead atoms. The summed E-state index contributed by atoms with van der Waals surface area (Å²) in [5.41, 5.74) is -0.227. The zero-order valence-corrected chi connectivity index (χ0v) is 16.9. The highest BCUT2D eigenvalue weighted by atomic mass is 19.3. The van der Waals surface area contributed by atoms with Gasteiger partial charge >= 0.3 is 0 Å². The van der Waals surface area contributed by atoms with Crippen molar-refractivity contribution in [2.24, 2.45) is 0 Å². The first-order valence-electron chi connectivity index (χ1n) is 9.84. The molecule has 0 saturated carbocycles. The number of anilines is 2. The summed E-state index contributed by atoms with van der Waals surface area (Å²) in [5, 5.41) is 2.99. The van der Waals surface area contributed by atoms with Gasteiger partial charge in [0.25, 0.3) is 5.92 Å². The molecule has 0 aromatic carbocycles. The van der Waals surface area contributed by atoms with Crippen LogP contribution in [0.15, 0.2) is 12.4 Å². The quantitative estimate of drug-likeness (QED) is 0.837. The van der Waals surface area contributed by atoms with Crippen molar-refractivity contribution in [3.05, 3.63) is 12.4 Å². The fraction of sp³-hybridized carbons (Fsp3) is 0.737. The first-order valence-corrected chi connectivity index (χ1v) is 9.84. The number of nitrogens with one attached hydrogen (secondary N) is 1. The lowest BCUT2D eigenvalue weighted by atomic mass is 10.1. The summed E-state index contributed by atoms with van der Waals surface area (Å²) < 4.78 is 26.8. The Bertz CT molecular complexity index is 675. The van der Waals surface area contributed by atoms with Gasteiger partial charge < -0.3 is 15.1 Å². The average Bonchev–Trinajstić information content (AvgIpc) is 2.61. The number of piperazine rings is 1. The fourth-order valence-corrected chi connectivity index (χ4v) is 3.54. The highest BCUT2D eigenvalue weighted by Crippen LogP contribution is 2.30. The molecule has 3 rings (SSSR count). The number of hydrogen-bond donors (Lipinski definition) is 1. The third kappa shape index (κ3) is 5.73. The maximum atomic E-state index is 13.4. The van der Waals surface area contributed by atoms with Crippen LogP contribution in [0, 0.1) is 0 Å². The van der Waals surface area contributed by atoms with Gasteiger partial charge in [-0.3, -0.25) is 9.69 Å². The molecule has 2 aliphatic rings. The zero-order chi connectivity index (χ0) is 20.4. The van der Waals surface area contributed by atoms with Crippen LogP contribution in [0.25, 0.3) is 0 Å². The molecule has 2 fully saturated rings. The van der Waals surface area contributed by atoms with Crippen LogP contribution in [-0.2, 0) is 4.79 Å². The molecule has 1 N–H and O–H groups in total. The maximum Gasteiger partial charge on any atom is 0.251 e. The van der Waals surface area contributed by atoms with Crippen molar-refractivity contribution in [3.63, 3.8) is 0 Å². The molecular weight excluding hydrogens is 366 g/mol.